The molecule has 0 radical (unpaired) electrons. The van der Waals surface area contributed by atoms with Crippen LogP contribution in [0, 0.1) is 0 Å². The third-order valence-corrected chi connectivity index (χ3v) is 2.67. The van der Waals surface area contributed by atoms with Crippen molar-refractivity contribution < 1.29 is 9.53 Å². The van der Waals surface area contributed by atoms with Gasteiger partial charge in [0, 0.05) is 11.6 Å². The summed E-state index contributed by atoms with van der Waals surface area (Å²) in [6, 6.07) is 3.47. The van der Waals surface area contributed by atoms with Gasteiger partial charge < -0.3 is 10.5 Å². The molecule has 80 valence electrons. The summed E-state index contributed by atoms with van der Waals surface area (Å²) in [5.74, 6) is 0. The van der Waals surface area contributed by atoms with Gasteiger partial charge in [-0.25, -0.2) is 4.79 Å². The lowest BCUT2D eigenvalue weighted by Crippen LogP contribution is -2.29. The number of halogens is 1. The third kappa shape index (κ3) is 1.61. The van der Waals surface area contributed by atoms with E-state index in [9.17, 15) is 4.79 Å². The predicted octanol–water partition coefficient (Wildman–Crippen LogP) is 2.05. The smallest absolute Gasteiger partial charge is 0.414 e. The van der Waals surface area contributed by atoms with E-state index in [1.54, 1.807) is 6.07 Å². The number of anilines is 2. The van der Waals surface area contributed by atoms with Crippen molar-refractivity contribution in [1.29, 1.82) is 0 Å². The second kappa shape index (κ2) is 3.62. The summed E-state index contributed by atoms with van der Waals surface area (Å²) >= 11 is 5.88. The second-order valence-electron chi connectivity index (χ2n) is 3.37. The fourth-order valence-corrected chi connectivity index (χ4v) is 2.08. The van der Waals surface area contributed by atoms with E-state index >= 15 is 0 Å². The van der Waals surface area contributed by atoms with Crippen molar-refractivity contribution in [2.24, 2.45) is 0 Å². The monoisotopic (exact) mass is 226 g/mol. The SMILES string of the molecule is COC(=O)N1CCc2cc(Cl)cc(N)c21. The summed E-state index contributed by atoms with van der Waals surface area (Å²) in [6.07, 6.45) is 0.373. The maximum Gasteiger partial charge on any atom is 0.414 e. The molecule has 1 aromatic carbocycles. The van der Waals surface area contributed by atoms with Gasteiger partial charge >= 0.3 is 6.09 Å². The first kappa shape index (κ1) is 10.1. The van der Waals surface area contributed by atoms with Crippen molar-refractivity contribution in [2.75, 3.05) is 24.3 Å². The number of benzene rings is 1. The van der Waals surface area contributed by atoms with Gasteiger partial charge in [-0.15, -0.1) is 0 Å². The highest BCUT2D eigenvalue weighted by molar-refractivity contribution is 6.31. The molecular weight excluding hydrogens is 216 g/mol. The fraction of sp³-hybridized carbons (Fsp3) is 0.300. The van der Waals surface area contributed by atoms with E-state index in [1.165, 1.54) is 12.0 Å². The maximum absolute atomic E-state index is 11.4. The van der Waals surface area contributed by atoms with Gasteiger partial charge in [0.25, 0.3) is 0 Å². The number of nitrogen functional groups attached to an aromatic ring is 1. The van der Waals surface area contributed by atoms with E-state index in [4.69, 9.17) is 17.3 Å². The fourth-order valence-electron chi connectivity index (χ4n) is 1.84. The van der Waals surface area contributed by atoms with E-state index in [-0.39, 0.29) is 6.09 Å². The lowest BCUT2D eigenvalue weighted by atomic mass is 10.1. The van der Waals surface area contributed by atoms with E-state index in [1.807, 2.05) is 6.07 Å². The van der Waals surface area contributed by atoms with Crippen LogP contribution in [0.4, 0.5) is 16.2 Å². The number of nitrogens with two attached hydrogens (primary N) is 1. The van der Waals surface area contributed by atoms with Crippen LogP contribution in [0.3, 0.4) is 0 Å². The van der Waals surface area contributed by atoms with Gasteiger partial charge in [0.15, 0.2) is 0 Å². The molecule has 0 unspecified atom stereocenters. The zero-order valence-corrected chi connectivity index (χ0v) is 9.04. The Balaban J connectivity index is 2.46. The molecule has 2 rings (SSSR count). The lowest BCUT2D eigenvalue weighted by Gasteiger charge is -2.17. The zero-order valence-electron chi connectivity index (χ0n) is 8.29. The van der Waals surface area contributed by atoms with Crippen LogP contribution in [-0.2, 0) is 11.2 Å². The molecule has 0 aliphatic carbocycles. The minimum absolute atomic E-state index is 0.386. The summed E-state index contributed by atoms with van der Waals surface area (Å²) in [7, 11) is 1.35. The minimum atomic E-state index is -0.386. The highest BCUT2D eigenvalue weighted by Crippen LogP contribution is 2.36. The summed E-state index contributed by atoms with van der Waals surface area (Å²) in [5, 5.41) is 0.595. The third-order valence-electron chi connectivity index (χ3n) is 2.45. The van der Waals surface area contributed by atoms with Gasteiger partial charge in [-0.1, -0.05) is 11.6 Å². The molecule has 0 saturated carbocycles. The van der Waals surface area contributed by atoms with Crippen molar-refractivity contribution in [3.63, 3.8) is 0 Å². The van der Waals surface area contributed by atoms with Crippen LogP contribution >= 0.6 is 11.6 Å². The summed E-state index contributed by atoms with van der Waals surface area (Å²) in [6.45, 7) is 0.590. The summed E-state index contributed by atoms with van der Waals surface area (Å²) in [4.78, 5) is 13.0. The molecule has 4 nitrogen and oxygen atoms in total. The second-order valence-corrected chi connectivity index (χ2v) is 3.81. The molecule has 0 saturated heterocycles. The predicted molar refractivity (Wildman–Crippen MR) is 59.3 cm³/mol. The molecule has 0 spiro atoms. The normalized spacial score (nSPS) is 13.9. The Bertz CT molecular complexity index is 420. The highest BCUT2D eigenvalue weighted by atomic mass is 35.5. The molecule has 0 atom stereocenters. The zero-order chi connectivity index (χ0) is 11.0. The highest BCUT2D eigenvalue weighted by Gasteiger charge is 2.27. The number of fused-ring (bicyclic) bond motifs is 1. The minimum Gasteiger partial charge on any atom is -0.452 e. The molecule has 2 N–H and O–H groups in total. The van der Waals surface area contributed by atoms with E-state index in [0.29, 0.717) is 17.3 Å². The molecule has 1 heterocycles. The average Bonchev–Trinajstić information content (AvgIpc) is 2.60. The summed E-state index contributed by atoms with van der Waals surface area (Å²) < 4.78 is 4.67. The number of amides is 1. The van der Waals surface area contributed by atoms with Crippen molar-refractivity contribution >= 4 is 29.1 Å². The molecule has 0 fully saturated rings. The standard InChI is InChI=1S/C10H11ClN2O2/c1-15-10(14)13-3-2-6-4-7(11)5-8(12)9(6)13/h4-5H,2-3,12H2,1H3. The quantitative estimate of drug-likeness (QED) is 0.689. The molecule has 0 aromatic heterocycles. The van der Waals surface area contributed by atoms with Crippen LogP contribution in [0.15, 0.2) is 12.1 Å². The molecule has 1 aliphatic rings. The number of ether oxygens (including phenoxy) is 1. The van der Waals surface area contributed by atoms with E-state index in [0.717, 1.165) is 17.7 Å². The lowest BCUT2D eigenvalue weighted by molar-refractivity contribution is 0.179. The molecule has 5 heteroatoms. The van der Waals surface area contributed by atoms with Crippen molar-refractivity contribution in [3.8, 4) is 0 Å². The number of carbonyl (C=O) groups is 1. The molecule has 1 amide bonds. The number of nitrogens with zero attached hydrogens (tertiary/aromatic N) is 1. The number of carbonyl (C=O) groups excluding carboxylic acids is 1. The van der Waals surface area contributed by atoms with Gasteiger partial charge in [-0.05, 0) is 24.1 Å². The van der Waals surface area contributed by atoms with E-state index in [2.05, 4.69) is 4.74 Å². The van der Waals surface area contributed by atoms with E-state index < -0.39 is 0 Å². The molecule has 15 heavy (non-hydrogen) atoms. The number of rotatable bonds is 0. The topological polar surface area (TPSA) is 55.6 Å². The molecule has 1 aromatic rings. The Morgan fingerprint density at radius 1 is 1.60 bits per heavy atom. The Morgan fingerprint density at radius 2 is 2.33 bits per heavy atom. The van der Waals surface area contributed by atoms with Gasteiger partial charge in [-0.2, -0.15) is 0 Å². The first-order valence-electron chi connectivity index (χ1n) is 4.57. The van der Waals surface area contributed by atoms with Crippen LogP contribution in [0.5, 0.6) is 0 Å². The van der Waals surface area contributed by atoms with Gasteiger partial charge in [0.05, 0.1) is 18.5 Å². The number of hydrogen-bond donors (Lipinski definition) is 1. The Kier molecular flexibility index (Phi) is 2.44. The Morgan fingerprint density at radius 3 is 3.00 bits per heavy atom. The molecular formula is C10H11ClN2O2. The Labute approximate surface area is 92.6 Å². The maximum atomic E-state index is 11.4. The van der Waals surface area contributed by atoms with Gasteiger partial charge in [0.2, 0.25) is 0 Å². The van der Waals surface area contributed by atoms with Crippen LogP contribution in [-0.4, -0.2) is 19.7 Å². The molecule has 1 aliphatic heterocycles. The van der Waals surface area contributed by atoms with Crippen molar-refractivity contribution in [3.05, 3.63) is 22.7 Å². The van der Waals surface area contributed by atoms with Crippen LogP contribution in [0.25, 0.3) is 0 Å². The van der Waals surface area contributed by atoms with Crippen molar-refractivity contribution in [2.45, 2.75) is 6.42 Å². The first-order chi connectivity index (χ1) is 7.13. The van der Waals surface area contributed by atoms with Gasteiger partial charge in [0.1, 0.15) is 0 Å². The van der Waals surface area contributed by atoms with Crippen LogP contribution in [0.2, 0.25) is 5.02 Å². The number of methoxy groups -OCH3 is 1. The molecule has 0 bridgehead atoms. The largest absolute Gasteiger partial charge is 0.452 e. The summed E-state index contributed by atoms with van der Waals surface area (Å²) in [5.41, 5.74) is 8.06. The van der Waals surface area contributed by atoms with Gasteiger partial charge in [-0.3, -0.25) is 4.90 Å². The Hall–Kier alpha value is -1.42. The van der Waals surface area contributed by atoms with Crippen molar-refractivity contribution in [1.82, 2.24) is 0 Å². The van der Waals surface area contributed by atoms with Crippen LogP contribution < -0.4 is 10.6 Å². The van der Waals surface area contributed by atoms with Crippen LogP contribution in [0.1, 0.15) is 5.56 Å². The first-order valence-corrected chi connectivity index (χ1v) is 4.94. The average molecular weight is 227 g/mol. The number of hydrogen-bond acceptors (Lipinski definition) is 3.